The highest BCUT2D eigenvalue weighted by Gasteiger charge is 2.15. The second-order valence-electron chi connectivity index (χ2n) is 5.88. The number of ether oxygens (including phenoxy) is 1. The molecule has 0 saturated carbocycles. The fraction of sp³-hybridized carbons (Fsp3) is 0.100. The fourth-order valence-corrected chi connectivity index (χ4v) is 3.09. The lowest BCUT2D eigenvalue weighted by Crippen LogP contribution is -2.18. The van der Waals surface area contributed by atoms with Crippen LogP contribution in [0, 0.1) is 12.7 Å². The van der Waals surface area contributed by atoms with Gasteiger partial charge in [0.1, 0.15) is 23.1 Å². The molecule has 25 heavy (non-hydrogen) atoms. The Morgan fingerprint density at radius 2 is 1.96 bits per heavy atom. The molecule has 0 spiro atoms. The average Bonchev–Trinajstić information content (AvgIpc) is 2.99. The first-order valence-corrected chi connectivity index (χ1v) is 8.24. The van der Waals surface area contributed by atoms with Gasteiger partial charge in [0, 0.05) is 11.6 Å². The zero-order valence-corrected chi connectivity index (χ0v) is 14.2. The smallest absolute Gasteiger partial charge is 0.152 e. The molecule has 0 amide bonds. The lowest BCUT2D eigenvalue weighted by molar-refractivity contribution is 0.432. The van der Waals surface area contributed by atoms with E-state index in [2.05, 4.69) is 11.4 Å². The first-order valence-electron chi connectivity index (χ1n) is 7.86. The highest BCUT2D eigenvalue weighted by molar-refractivity contribution is 6.34. The van der Waals surface area contributed by atoms with E-state index in [9.17, 15) is 4.39 Å². The Morgan fingerprint density at radius 1 is 1.16 bits per heavy atom. The van der Waals surface area contributed by atoms with Gasteiger partial charge in [0.25, 0.3) is 0 Å². The lowest BCUT2D eigenvalue weighted by atomic mass is 10.0. The number of benzene rings is 2. The number of hydrogen-bond donors (Lipinski definition) is 1. The quantitative estimate of drug-likeness (QED) is 0.658. The van der Waals surface area contributed by atoms with Crippen molar-refractivity contribution < 1.29 is 13.5 Å². The van der Waals surface area contributed by atoms with Crippen molar-refractivity contribution in [3.8, 4) is 5.75 Å². The molecule has 0 saturated heterocycles. The molecular formula is C20H15ClFNO2. The standard InChI is InChI=1S/C20H15ClFNO2/c1-12-8-14-9-13(10-18(21)20(14)24-12)19-7-6-17(11-23-19)25-16-4-2-15(22)3-5-16/h2-11,19,23H,1H3. The van der Waals surface area contributed by atoms with Gasteiger partial charge in [-0.25, -0.2) is 4.39 Å². The van der Waals surface area contributed by atoms with Crippen molar-refractivity contribution in [3.05, 3.63) is 88.7 Å². The zero-order chi connectivity index (χ0) is 17.4. The maximum Gasteiger partial charge on any atom is 0.152 e. The molecule has 0 radical (unpaired) electrons. The molecule has 0 bridgehead atoms. The minimum Gasteiger partial charge on any atom is -0.460 e. The number of halogens is 2. The molecule has 1 N–H and O–H groups in total. The molecule has 1 aliphatic rings. The van der Waals surface area contributed by atoms with Crippen LogP contribution in [0.15, 0.2) is 71.0 Å². The summed E-state index contributed by atoms with van der Waals surface area (Å²) in [7, 11) is 0. The molecule has 1 aliphatic heterocycles. The van der Waals surface area contributed by atoms with E-state index in [-0.39, 0.29) is 11.9 Å². The largest absolute Gasteiger partial charge is 0.460 e. The number of dihydropyridines is 1. The number of nitrogens with one attached hydrogen (secondary N) is 1. The van der Waals surface area contributed by atoms with Crippen LogP contribution in [-0.2, 0) is 0 Å². The van der Waals surface area contributed by atoms with E-state index in [4.69, 9.17) is 20.8 Å². The van der Waals surface area contributed by atoms with E-state index in [1.165, 1.54) is 12.1 Å². The molecule has 0 aliphatic carbocycles. The van der Waals surface area contributed by atoms with Gasteiger partial charge in [-0.2, -0.15) is 0 Å². The number of furan rings is 1. The molecule has 1 unspecified atom stereocenters. The second-order valence-corrected chi connectivity index (χ2v) is 6.29. The molecule has 2 heterocycles. The van der Waals surface area contributed by atoms with E-state index >= 15 is 0 Å². The van der Waals surface area contributed by atoms with E-state index in [1.807, 2.05) is 31.2 Å². The minimum absolute atomic E-state index is 0.0160. The van der Waals surface area contributed by atoms with Crippen molar-refractivity contribution in [2.45, 2.75) is 13.0 Å². The SMILES string of the molecule is Cc1cc2cc(C3C=CC(Oc4ccc(F)cc4)=CN3)cc(Cl)c2o1. The summed E-state index contributed by atoms with van der Waals surface area (Å²) in [5.41, 5.74) is 1.74. The van der Waals surface area contributed by atoms with Gasteiger partial charge < -0.3 is 14.5 Å². The predicted octanol–water partition coefficient (Wildman–Crippen LogP) is 5.65. The molecule has 0 fully saturated rings. The van der Waals surface area contributed by atoms with E-state index in [0.717, 1.165) is 16.7 Å². The third kappa shape index (κ3) is 3.26. The molecule has 3 nitrogen and oxygen atoms in total. The maximum absolute atomic E-state index is 12.9. The molecule has 1 atom stereocenters. The first kappa shape index (κ1) is 15.8. The highest BCUT2D eigenvalue weighted by Crippen LogP contribution is 2.32. The molecule has 1 aromatic heterocycles. The summed E-state index contributed by atoms with van der Waals surface area (Å²) in [5.74, 6) is 1.77. The zero-order valence-electron chi connectivity index (χ0n) is 13.4. The van der Waals surface area contributed by atoms with E-state index < -0.39 is 0 Å². The minimum atomic E-state index is -0.291. The van der Waals surface area contributed by atoms with Gasteiger partial charge in [0.2, 0.25) is 0 Å². The maximum atomic E-state index is 12.9. The van der Waals surface area contributed by atoms with Crippen molar-refractivity contribution in [1.82, 2.24) is 5.32 Å². The summed E-state index contributed by atoms with van der Waals surface area (Å²) < 4.78 is 24.2. The third-order valence-electron chi connectivity index (χ3n) is 3.98. The monoisotopic (exact) mass is 355 g/mol. The highest BCUT2D eigenvalue weighted by atomic mass is 35.5. The van der Waals surface area contributed by atoms with E-state index in [0.29, 0.717) is 22.1 Å². The van der Waals surface area contributed by atoms with Crippen molar-refractivity contribution >= 4 is 22.6 Å². The average molecular weight is 356 g/mol. The van der Waals surface area contributed by atoms with Gasteiger partial charge in [0.15, 0.2) is 5.58 Å². The number of allylic oxidation sites excluding steroid dienone is 1. The Morgan fingerprint density at radius 3 is 2.68 bits per heavy atom. The lowest BCUT2D eigenvalue weighted by Gasteiger charge is -2.19. The van der Waals surface area contributed by atoms with Crippen molar-refractivity contribution in [2.24, 2.45) is 0 Å². The van der Waals surface area contributed by atoms with Crippen LogP contribution in [0.5, 0.6) is 5.75 Å². The molecule has 2 aromatic carbocycles. The summed E-state index contributed by atoms with van der Waals surface area (Å²) in [6, 6.07) is 11.8. The molecule has 126 valence electrons. The van der Waals surface area contributed by atoms with Crippen LogP contribution in [-0.4, -0.2) is 0 Å². The van der Waals surface area contributed by atoms with Gasteiger partial charge in [-0.3, -0.25) is 0 Å². The van der Waals surface area contributed by atoms with Crippen molar-refractivity contribution in [1.29, 1.82) is 0 Å². The van der Waals surface area contributed by atoms with Crippen LogP contribution in [0.2, 0.25) is 5.02 Å². The predicted molar refractivity (Wildman–Crippen MR) is 96.1 cm³/mol. The summed E-state index contributed by atoms with van der Waals surface area (Å²) >= 11 is 6.33. The Labute approximate surface area is 149 Å². The van der Waals surface area contributed by atoms with Crippen LogP contribution < -0.4 is 10.1 Å². The van der Waals surface area contributed by atoms with Gasteiger partial charge >= 0.3 is 0 Å². The first-order chi connectivity index (χ1) is 12.1. The Balaban J connectivity index is 1.52. The summed E-state index contributed by atoms with van der Waals surface area (Å²) in [5, 5.41) is 4.85. The number of hydrogen-bond acceptors (Lipinski definition) is 3. The Bertz CT molecular complexity index is 989. The Hall–Kier alpha value is -2.72. The van der Waals surface area contributed by atoms with Gasteiger partial charge in [0.05, 0.1) is 11.1 Å². The van der Waals surface area contributed by atoms with Crippen molar-refractivity contribution in [2.75, 3.05) is 0 Å². The summed E-state index contributed by atoms with van der Waals surface area (Å²) in [6.07, 6.45) is 5.65. The van der Waals surface area contributed by atoms with Crippen LogP contribution in [0.25, 0.3) is 11.0 Å². The topological polar surface area (TPSA) is 34.4 Å². The number of rotatable bonds is 3. The number of aryl methyl sites for hydroxylation is 1. The van der Waals surface area contributed by atoms with Crippen LogP contribution in [0.4, 0.5) is 4.39 Å². The van der Waals surface area contributed by atoms with Crippen LogP contribution in [0.1, 0.15) is 17.4 Å². The second kappa shape index (κ2) is 6.30. The van der Waals surface area contributed by atoms with Crippen molar-refractivity contribution in [3.63, 3.8) is 0 Å². The third-order valence-corrected chi connectivity index (χ3v) is 4.26. The van der Waals surface area contributed by atoms with Gasteiger partial charge in [-0.1, -0.05) is 17.7 Å². The number of fused-ring (bicyclic) bond motifs is 1. The van der Waals surface area contributed by atoms with Crippen LogP contribution >= 0.6 is 11.6 Å². The summed E-state index contributed by atoms with van der Waals surface area (Å²) in [6.45, 7) is 1.90. The fourth-order valence-electron chi connectivity index (χ4n) is 2.82. The Kier molecular flexibility index (Phi) is 3.98. The normalized spacial score (nSPS) is 16.6. The van der Waals surface area contributed by atoms with Gasteiger partial charge in [-0.05, 0) is 61.0 Å². The molecule has 5 heteroatoms. The summed E-state index contributed by atoms with van der Waals surface area (Å²) in [4.78, 5) is 0. The van der Waals surface area contributed by atoms with E-state index in [1.54, 1.807) is 18.3 Å². The van der Waals surface area contributed by atoms with Crippen LogP contribution in [0.3, 0.4) is 0 Å². The molecular weight excluding hydrogens is 341 g/mol. The van der Waals surface area contributed by atoms with Gasteiger partial charge in [-0.15, -0.1) is 0 Å². The molecule has 4 rings (SSSR count). The molecule has 3 aromatic rings.